The predicted molar refractivity (Wildman–Crippen MR) is 124 cm³/mol. The number of thioether (sulfide) groups is 1. The second kappa shape index (κ2) is 9.05. The molecule has 2 fully saturated rings. The molecule has 0 spiro atoms. The van der Waals surface area contributed by atoms with Crippen LogP contribution >= 0.6 is 11.8 Å². The van der Waals surface area contributed by atoms with Crippen LogP contribution in [0, 0.1) is 0 Å². The van der Waals surface area contributed by atoms with Gasteiger partial charge < -0.3 is 25.4 Å². The third kappa shape index (κ3) is 4.25. The van der Waals surface area contributed by atoms with E-state index in [1.807, 2.05) is 12.1 Å². The van der Waals surface area contributed by atoms with Gasteiger partial charge in [-0.2, -0.15) is 0 Å². The lowest BCUT2D eigenvalue weighted by atomic mass is 10.1. The molecule has 11 heteroatoms. The Balaban J connectivity index is 1.45. The van der Waals surface area contributed by atoms with Crippen LogP contribution in [-0.4, -0.2) is 77.5 Å². The number of hydrogen-bond acceptors (Lipinski definition) is 10. The molecule has 2 aliphatic carbocycles. The molecule has 6 atom stereocenters. The summed E-state index contributed by atoms with van der Waals surface area (Å²) >= 11 is 1.55. The maximum atomic E-state index is 10.4. The number of benzene rings is 1. The normalized spacial score (nSPS) is 28.9. The molecule has 33 heavy (non-hydrogen) atoms. The summed E-state index contributed by atoms with van der Waals surface area (Å²) < 4.78 is 6.86. The Morgan fingerprint density at radius 2 is 2.03 bits per heavy atom. The summed E-state index contributed by atoms with van der Waals surface area (Å²) in [7, 11) is 1.66. The molecule has 1 aromatic carbocycles. The van der Waals surface area contributed by atoms with E-state index in [2.05, 4.69) is 39.7 Å². The van der Waals surface area contributed by atoms with Crippen molar-refractivity contribution in [3.05, 3.63) is 29.8 Å². The van der Waals surface area contributed by atoms with Gasteiger partial charge in [0, 0.05) is 24.1 Å². The van der Waals surface area contributed by atoms with Crippen LogP contribution in [0.15, 0.2) is 29.4 Å². The van der Waals surface area contributed by atoms with E-state index in [0.717, 1.165) is 24.3 Å². The average Bonchev–Trinajstić information content (AvgIpc) is 3.40. The second-order valence-electron chi connectivity index (χ2n) is 8.63. The van der Waals surface area contributed by atoms with Crippen molar-refractivity contribution in [1.29, 1.82) is 0 Å². The van der Waals surface area contributed by atoms with Gasteiger partial charge in [0.05, 0.1) is 19.3 Å². The Hall–Kier alpha value is -2.47. The standard InChI is InChI=1S/C22H28N6O4S/c1-3-7-33-22-24-20(23-14-9-13(14)11-5-4-6-12(8-11)32-2)17-21(25-22)28(27-26-17)15-10-16(29)19(31)18(15)30/h4-6,8,13-16,18-19,29-31H,3,7,9-10H2,1-2H3,(H,23,24,25)/t13?,14?,15-,16+,18+,19-/m1/s1. The molecule has 176 valence electrons. The summed E-state index contributed by atoms with van der Waals surface area (Å²) in [6, 6.07) is 7.67. The van der Waals surface area contributed by atoms with E-state index in [4.69, 9.17) is 9.72 Å². The summed E-state index contributed by atoms with van der Waals surface area (Å²) in [6.07, 6.45) is -1.28. The molecule has 2 unspecified atom stereocenters. The first-order valence-electron chi connectivity index (χ1n) is 11.2. The van der Waals surface area contributed by atoms with Crippen molar-refractivity contribution < 1.29 is 20.1 Å². The smallest absolute Gasteiger partial charge is 0.191 e. The van der Waals surface area contributed by atoms with Gasteiger partial charge in [-0.05, 0) is 30.5 Å². The molecule has 0 amide bonds. The number of aromatic nitrogens is 5. The molecule has 2 heterocycles. The van der Waals surface area contributed by atoms with E-state index in [1.165, 1.54) is 10.2 Å². The molecule has 0 bridgehead atoms. The van der Waals surface area contributed by atoms with Crippen molar-refractivity contribution in [3.63, 3.8) is 0 Å². The highest BCUT2D eigenvalue weighted by Gasteiger charge is 2.44. The molecule has 2 saturated carbocycles. The molecule has 10 nitrogen and oxygen atoms in total. The van der Waals surface area contributed by atoms with Crippen molar-refractivity contribution in [2.24, 2.45) is 0 Å². The summed E-state index contributed by atoms with van der Waals surface area (Å²) in [6.45, 7) is 2.09. The zero-order valence-electron chi connectivity index (χ0n) is 18.5. The van der Waals surface area contributed by atoms with Crippen molar-refractivity contribution in [2.45, 2.75) is 67.7 Å². The van der Waals surface area contributed by atoms with Gasteiger partial charge in [0.1, 0.15) is 18.0 Å². The van der Waals surface area contributed by atoms with E-state index >= 15 is 0 Å². The van der Waals surface area contributed by atoms with Crippen molar-refractivity contribution >= 4 is 28.7 Å². The zero-order valence-corrected chi connectivity index (χ0v) is 19.3. The van der Waals surface area contributed by atoms with Crippen LogP contribution in [0.4, 0.5) is 5.82 Å². The summed E-state index contributed by atoms with van der Waals surface area (Å²) in [5.41, 5.74) is 2.20. The van der Waals surface area contributed by atoms with Crippen molar-refractivity contribution in [2.75, 3.05) is 18.2 Å². The molecular formula is C22H28N6O4S. The summed E-state index contributed by atoms with van der Waals surface area (Å²) in [5, 5.41) is 43.1. The number of nitrogens with zero attached hydrogens (tertiary/aromatic N) is 5. The number of aliphatic hydroxyl groups excluding tert-OH is 3. The molecule has 4 N–H and O–H groups in total. The molecule has 5 rings (SSSR count). The minimum Gasteiger partial charge on any atom is -0.497 e. The highest BCUT2D eigenvalue weighted by atomic mass is 32.2. The number of aliphatic hydroxyl groups is 3. The Morgan fingerprint density at radius 1 is 1.18 bits per heavy atom. The first kappa shape index (κ1) is 22.3. The number of ether oxygens (including phenoxy) is 1. The molecule has 0 aliphatic heterocycles. The van der Waals surface area contributed by atoms with Crippen LogP contribution in [0.2, 0.25) is 0 Å². The largest absolute Gasteiger partial charge is 0.497 e. The fourth-order valence-corrected chi connectivity index (χ4v) is 5.08. The van der Waals surface area contributed by atoms with Crippen molar-refractivity contribution in [3.8, 4) is 5.75 Å². The van der Waals surface area contributed by atoms with Gasteiger partial charge in [0.25, 0.3) is 0 Å². The van der Waals surface area contributed by atoms with E-state index in [0.29, 0.717) is 28.1 Å². The molecule has 0 radical (unpaired) electrons. The minimum atomic E-state index is -1.22. The quantitative estimate of drug-likeness (QED) is 0.283. The van der Waals surface area contributed by atoms with Crippen LogP contribution in [-0.2, 0) is 0 Å². The summed E-state index contributed by atoms with van der Waals surface area (Å²) in [5.74, 6) is 2.65. The Labute approximate surface area is 195 Å². The van der Waals surface area contributed by atoms with Gasteiger partial charge in [-0.15, -0.1) is 5.10 Å². The first-order valence-corrected chi connectivity index (χ1v) is 12.2. The number of rotatable bonds is 8. The number of methoxy groups -OCH3 is 1. The maximum absolute atomic E-state index is 10.4. The Morgan fingerprint density at radius 3 is 2.76 bits per heavy atom. The molecule has 0 saturated heterocycles. The van der Waals surface area contributed by atoms with Crippen molar-refractivity contribution in [1.82, 2.24) is 25.0 Å². The third-order valence-electron chi connectivity index (χ3n) is 6.31. The number of anilines is 1. The Kier molecular flexibility index (Phi) is 6.12. The zero-order chi connectivity index (χ0) is 23.1. The van der Waals surface area contributed by atoms with Gasteiger partial charge in [0.15, 0.2) is 22.1 Å². The monoisotopic (exact) mass is 472 g/mol. The van der Waals surface area contributed by atoms with Gasteiger partial charge in [-0.3, -0.25) is 0 Å². The lowest BCUT2D eigenvalue weighted by molar-refractivity contribution is -0.0253. The lowest BCUT2D eigenvalue weighted by Crippen LogP contribution is -2.31. The van der Waals surface area contributed by atoms with Crippen LogP contribution in [0.5, 0.6) is 5.75 Å². The fourth-order valence-electron chi connectivity index (χ4n) is 4.39. The number of fused-ring (bicyclic) bond motifs is 1. The Bertz CT molecular complexity index is 1140. The molecule has 2 aromatic heterocycles. The number of hydrogen-bond donors (Lipinski definition) is 4. The van der Waals surface area contributed by atoms with Crippen LogP contribution in [0.25, 0.3) is 11.2 Å². The van der Waals surface area contributed by atoms with Gasteiger partial charge in [-0.1, -0.05) is 36.0 Å². The second-order valence-corrected chi connectivity index (χ2v) is 9.69. The summed E-state index contributed by atoms with van der Waals surface area (Å²) in [4.78, 5) is 9.36. The topological polar surface area (TPSA) is 138 Å². The first-order chi connectivity index (χ1) is 16.0. The van der Waals surface area contributed by atoms with Gasteiger partial charge >= 0.3 is 0 Å². The van der Waals surface area contributed by atoms with Crippen LogP contribution in [0.3, 0.4) is 0 Å². The molecular weight excluding hydrogens is 444 g/mol. The SMILES string of the molecule is CCCSc1nc(NC2CC2c2cccc(OC)c2)c2nnn([C@@H]3C[C@H](O)[C@@H](O)[C@H]3O)c2n1. The van der Waals surface area contributed by atoms with Gasteiger partial charge in [0.2, 0.25) is 0 Å². The predicted octanol–water partition coefficient (Wildman–Crippen LogP) is 1.73. The van der Waals surface area contributed by atoms with Gasteiger partial charge in [-0.25, -0.2) is 14.6 Å². The third-order valence-corrected chi connectivity index (χ3v) is 7.36. The highest BCUT2D eigenvalue weighted by Crippen LogP contribution is 2.44. The average molecular weight is 473 g/mol. The highest BCUT2D eigenvalue weighted by molar-refractivity contribution is 7.99. The molecule has 2 aliphatic rings. The van der Waals surface area contributed by atoms with Crippen LogP contribution < -0.4 is 10.1 Å². The maximum Gasteiger partial charge on any atom is 0.191 e. The number of nitrogens with one attached hydrogen (secondary N) is 1. The minimum absolute atomic E-state index is 0.172. The lowest BCUT2D eigenvalue weighted by Gasteiger charge is -2.16. The van der Waals surface area contributed by atoms with E-state index in [1.54, 1.807) is 18.9 Å². The van der Waals surface area contributed by atoms with Crippen LogP contribution in [0.1, 0.15) is 43.7 Å². The van der Waals surface area contributed by atoms with E-state index < -0.39 is 24.4 Å². The fraction of sp³-hybridized carbons (Fsp3) is 0.545. The van der Waals surface area contributed by atoms with E-state index in [-0.39, 0.29) is 12.5 Å². The van der Waals surface area contributed by atoms with E-state index in [9.17, 15) is 15.3 Å². The molecule has 3 aromatic rings.